The maximum atomic E-state index is 11.8. The summed E-state index contributed by atoms with van der Waals surface area (Å²) in [6.07, 6.45) is 2.12. The molecule has 0 radical (unpaired) electrons. The van der Waals surface area contributed by atoms with E-state index in [1.165, 1.54) is 0 Å². The molecule has 0 aliphatic carbocycles. The largest absolute Gasteiger partial charge is 0.345 e. The number of hydrogen-bond donors (Lipinski definition) is 0. The van der Waals surface area contributed by atoms with Crippen molar-refractivity contribution in [3.05, 3.63) is 0 Å². The van der Waals surface area contributed by atoms with Crippen LogP contribution in [0.2, 0.25) is 0 Å². The fraction of sp³-hybridized carbons (Fsp3) is 0.889. The first-order chi connectivity index (χ1) is 5.64. The van der Waals surface area contributed by atoms with Gasteiger partial charge in [-0.05, 0) is 26.4 Å². The molecule has 1 amide bonds. The average molecular weight is 168 g/mol. The molecule has 0 aromatic carbocycles. The molecule has 2 saturated heterocycles. The fourth-order valence-corrected chi connectivity index (χ4v) is 2.45. The van der Waals surface area contributed by atoms with E-state index >= 15 is 0 Å². The van der Waals surface area contributed by atoms with Gasteiger partial charge in [0.05, 0.1) is 5.41 Å². The molecule has 1 unspecified atom stereocenters. The number of likely N-dealkylation sites (tertiary alicyclic amines) is 2. The summed E-state index contributed by atoms with van der Waals surface area (Å²) in [6.45, 7) is 3.00. The summed E-state index contributed by atoms with van der Waals surface area (Å²) < 4.78 is 0. The van der Waals surface area contributed by atoms with Crippen LogP contribution in [-0.4, -0.2) is 49.4 Å². The molecule has 1 atom stereocenters. The van der Waals surface area contributed by atoms with Crippen molar-refractivity contribution in [2.24, 2.45) is 5.41 Å². The molecule has 12 heavy (non-hydrogen) atoms. The van der Waals surface area contributed by atoms with Gasteiger partial charge in [-0.1, -0.05) is 0 Å². The second-order valence-electron chi connectivity index (χ2n) is 4.24. The van der Waals surface area contributed by atoms with Gasteiger partial charge in [0, 0.05) is 20.1 Å². The molecular formula is C9H16N2O. The van der Waals surface area contributed by atoms with E-state index in [0.717, 1.165) is 32.5 Å². The molecule has 3 heteroatoms. The van der Waals surface area contributed by atoms with Gasteiger partial charge in [-0.2, -0.15) is 0 Å². The van der Waals surface area contributed by atoms with E-state index in [0.29, 0.717) is 5.91 Å². The number of carbonyl (C=O) groups excluding carboxylic acids is 1. The van der Waals surface area contributed by atoms with Gasteiger partial charge in [0.2, 0.25) is 5.91 Å². The van der Waals surface area contributed by atoms with Crippen LogP contribution in [-0.2, 0) is 4.79 Å². The molecule has 2 aliphatic rings. The molecule has 0 bridgehead atoms. The first kappa shape index (κ1) is 8.05. The van der Waals surface area contributed by atoms with E-state index in [1.54, 1.807) is 0 Å². The highest BCUT2D eigenvalue weighted by molar-refractivity contribution is 5.85. The number of nitrogens with zero attached hydrogens (tertiary/aromatic N) is 2. The van der Waals surface area contributed by atoms with Crippen LogP contribution in [0.15, 0.2) is 0 Å². The predicted molar refractivity (Wildman–Crippen MR) is 46.8 cm³/mol. The Morgan fingerprint density at radius 2 is 1.92 bits per heavy atom. The van der Waals surface area contributed by atoms with Crippen molar-refractivity contribution in [3.63, 3.8) is 0 Å². The molecule has 1 spiro atoms. The summed E-state index contributed by atoms with van der Waals surface area (Å²) in [4.78, 5) is 15.9. The number of carbonyl (C=O) groups is 1. The minimum Gasteiger partial charge on any atom is -0.345 e. The number of rotatable bonds is 0. The quantitative estimate of drug-likeness (QED) is 0.515. The maximum absolute atomic E-state index is 11.8. The topological polar surface area (TPSA) is 23.6 Å². The lowest BCUT2D eigenvalue weighted by Crippen LogP contribution is -2.34. The fourth-order valence-electron chi connectivity index (χ4n) is 2.45. The lowest BCUT2D eigenvalue weighted by Gasteiger charge is -2.20. The third-order valence-corrected chi connectivity index (χ3v) is 3.27. The summed E-state index contributed by atoms with van der Waals surface area (Å²) in [7, 11) is 4.01. The van der Waals surface area contributed by atoms with E-state index in [-0.39, 0.29) is 5.41 Å². The van der Waals surface area contributed by atoms with Gasteiger partial charge in [-0.3, -0.25) is 4.79 Å². The minimum absolute atomic E-state index is 0.00347. The minimum atomic E-state index is 0.00347. The van der Waals surface area contributed by atoms with Crippen molar-refractivity contribution in [2.75, 3.05) is 33.7 Å². The van der Waals surface area contributed by atoms with Gasteiger partial charge in [0.15, 0.2) is 0 Å². The normalized spacial score (nSPS) is 37.2. The molecule has 0 N–H and O–H groups in total. The first-order valence-corrected chi connectivity index (χ1v) is 4.58. The summed E-state index contributed by atoms with van der Waals surface area (Å²) in [5.41, 5.74) is 0.00347. The zero-order valence-electron chi connectivity index (χ0n) is 7.84. The van der Waals surface area contributed by atoms with Crippen LogP contribution in [0.4, 0.5) is 0 Å². The summed E-state index contributed by atoms with van der Waals surface area (Å²) in [5, 5.41) is 0. The Labute approximate surface area is 73.3 Å². The van der Waals surface area contributed by atoms with E-state index in [4.69, 9.17) is 0 Å². The second-order valence-corrected chi connectivity index (χ2v) is 4.24. The van der Waals surface area contributed by atoms with Crippen molar-refractivity contribution in [1.82, 2.24) is 9.80 Å². The van der Waals surface area contributed by atoms with Crippen LogP contribution in [0, 0.1) is 5.41 Å². The van der Waals surface area contributed by atoms with E-state index in [1.807, 2.05) is 11.9 Å². The van der Waals surface area contributed by atoms with Gasteiger partial charge in [-0.15, -0.1) is 0 Å². The van der Waals surface area contributed by atoms with Crippen LogP contribution in [0.3, 0.4) is 0 Å². The average Bonchev–Trinajstić information content (AvgIpc) is 2.53. The Morgan fingerprint density at radius 3 is 2.33 bits per heavy atom. The zero-order valence-corrected chi connectivity index (χ0v) is 7.84. The van der Waals surface area contributed by atoms with Gasteiger partial charge in [0.25, 0.3) is 0 Å². The smallest absolute Gasteiger partial charge is 0.229 e. The van der Waals surface area contributed by atoms with Crippen molar-refractivity contribution >= 4 is 5.91 Å². The van der Waals surface area contributed by atoms with Crippen LogP contribution in [0.1, 0.15) is 12.8 Å². The molecule has 2 aliphatic heterocycles. The van der Waals surface area contributed by atoms with Gasteiger partial charge in [-0.25, -0.2) is 0 Å². The third kappa shape index (κ3) is 0.959. The first-order valence-electron chi connectivity index (χ1n) is 4.58. The predicted octanol–water partition coefficient (Wildman–Crippen LogP) is 0.170. The molecule has 2 heterocycles. The molecule has 2 fully saturated rings. The van der Waals surface area contributed by atoms with E-state index in [9.17, 15) is 4.79 Å². The Morgan fingerprint density at radius 1 is 1.25 bits per heavy atom. The van der Waals surface area contributed by atoms with Gasteiger partial charge < -0.3 is 9.80 Å². The Balaban J connectivity index is 2.18. The summed E-state index contributed by atoms with van der Waals surface area (Å²) in [6, 6.07) is 0. The van der Waals surface area contributed by atoms with E-state index < -0.39 is 0 Å². The Bertz CT molecular complexity index is 213. The van der Waals surface area contributed by atoms with Gasteiger partial charge in [0.1, 0.15) is 0 Å². The number of hydrogen-bond acceptors (Lipinski definition) is 2. The molecule has 0 aromatic heterocycles. The lowest BCUT2D eigenvalue weighted by molar-refractivity contribution is -0.134. The van der Waals surface area contributed by atoms with Crippen LogP contribution in [0.25, 0.3) is 0 Å². The Kier molecular flexibility index (Phi) is 1.65. The second kappa shape index (κ2) is 2.46. The molecule has 0 aromatic rings. The van der Waals surface area contributed by atoms with Crippen molar-refractivity contribution in [1.29, 1.82) is 0 Å². The molecule has 0 saturated carbocycles. The highest BCUT2D eigenvalue weighted by atomic mass is 16.2. The zero-order chi connectivity index (χ0) is 8.77. The highest BCUT2D eigenvalue weighted by Gasteiger charge is 2.48. The van der Waals surface area contributed by atoms with E-state index in [2.05, 4.69) is 11.9 Å². The van der Waals surface area contributed by atoms with Crippen LogP contribution < -0.4 is 0 Å². The Hall–Kier alpha value is -0.570. The lowest BCUT2D eigenvalue weighted by atomic mass is 9.86. The molecule has 68 valence electrons. The molecular weight excluding hydrogens is 152 g/mol. The van der Waals surface area contributed by atoms with Crippen molar-refractivity contribution < 1.29 is 4.79 Å². The van der Waals surface area contributed by atoms with Crippen LogP contribution >= 0.6 is 0 Å². The monoisotopic (exact) mass is 168 g/mol. The van der Waals surface area contributed by atoms with Gasteiger partial charge >= 0.3 is 0 Å². The molecule has 3 nitrogen and oxygen atoms in total. The maximum Gasteiger partial charge on any atom is 0.229 e. The summed E-state index contributed by atoms with van der Waals surface area (Å²) >= 11 is 0. The SMILES string of the molecule is CN1CCC2(CCN(C)C2=O)C1. The highest BCUT2D eigenvalue weighted by Crippen LogP contribution is 2.39. The van der Waals surface area contributed by atoms with Crippen molar-refractivity contribution in [2.45, 2.75) is 12.8 Å². The molecule has 2 rings (SSSR count). The standard InChI is InChI=1S/C9H16N2O/c1-10-5-3-9(7-10)4-6-11(2)8(9)12/h3-7H2,1-2H3. The third-order valence-electron chi connectivity index (χ3n) is 3.27. The summed E-state index contributed by atoms with van der Waals surface area (Å²) in [5.74, 6) is 0.367. The van der Waals surface area contributed by atoms with Crippen molar-refractivity contribution in [3.8, 4) is 0 Å². The number of amides is 1. The van der Waals surface area contributed by atoms with Crippen LogP contribution in [0.5, 0.6) is 0 Å².